The minimum absolute atomic E-state index is 0.0357. The van der Waals surface area contributed by atoms with E-state index >= 15 is 0 Å². The van der Waals surface area contributed by atoms with Gasteiger partial charge >= 0.3 is 0 Å². The maximum absolute atomic E-state index is 12.3. The van der Waals surface area contributed by atoms with Crippen LogP contribution in [-0.4, -0.2) is 55.6 Å². The van der Waals surface area contributed by atoms with Crippen LogP contribution < -0.4 is 9.47 Å². The zero-order chi connectivity index (χ0) is 18.4. The Bertz CT molecular complexity index is 731. The molecular formula is C20H23BrN2O3. The highest BCUT2D eigenvalue weighted by Crippen LogP contribution is 2.24. The lowest BCUT2D eigenvalue weighted by atomic mass is 10.1. The van der Waals surface area contributed by atoms with Gasteiger partial charge in [0.25, 0.3) is 5.91 Å². The third-order valence-electron chi connectivity index (χ3n) is 4.47. The summed E-state index contributed by atoms with van der Waals surface area (Å²) in [6.07, 6.45) is 0. The Hall–Kier alpha value is -2.05. The first kappa shape index (κ1) is 18.7. The van der Waals surface area contributed by atoms with Gasteiger partial charge in [-0.2, -0.15) is 0 Å². The third kappa shape index (κ3) is 4.99. The molecule has 1 amide bonds. The van der Waals surface area contributed by atoms with Crippen molar-refractivity contribution in [2.75, 3.05) is 39.9 Å². The molecule has 26 heavy (non-hydrogen) atoms. The van der Waals surface area contributed by atoms with E-state index in [4.69, 9.17) is 9.47 Å². The van der Waals surface area contributed by atoms with E-state index in [1.54, 1.807) is 7.11 Å². The molecule has 0 unspecified atom stereocenters. The van der Waals surface area contributed by atoms with Gasteiger partial charge in [0, 0.05) is 42.8 Å². The predicted octanol–water partition coefficient (Wildman–Crippen LogP) is 3.18. The van der Waals surface area contributed by atoms with E-state index in [1.165, 1.54) is 0 Å². The van der Waals surface area contributed by atoms with E-state index < -0.39 is 0 Å². The molecule has 0 spiro atoms. The van der Waals surface area contributed by atoms with Crippen molar-refractivity contribution in [3.05, 3.63) is 58.6 Å². The summed E-state index contributed by atoms with van der Waals surface area (Å²) < 4.78 is 12.0. The minimum Gasteiger partial charge on any atom is -0.496 e. The molecule has 3 rings (SSSR count). The van der Waals surface area contributed by atoms with Gasteiger partial charge in [0.2, 0.25) is 0 Å². The van der Waals surface area contributed by atoms with Gasteiger partial charge in [-0.25, -0.2) is 0 Å². The number of hydrogen-bond donors (Lipinski definition) is 0. The highest BCUT2D eigenvalue weighted by Gasteiger charge is 2.22. The van der Waals surface area contributed by atoms with Crippen molar-refractivity contribution in [2.45, 2.75) is 6.54 Å². The third-order valence-corrected chi connectivity index (χ3v) is 4.96. The lowest BCUT2D eigenvalue weighted by Crippen LogP contribution is -2.49. The van der Waals surface area contributed by atoms with Gasteiger partial charge in [0.15, 0.2) is 6.61 Å². The molecule has 0 radical (unpaired) electrons. The molecule has 1 heterocycles. The number of para-hydroxylation sites is 1. The van der Waals surface area contributed by atoms with Crippen molar-refractivity contribution < 1.29 is 14.3 Å². The smallest absolute Gasteiger partial charge is 0.260 e. The van der Waals surface area contributed by atoms with Crippen LogP contribution in [0.15, 0.2) is 53.0 Å². The minimum atomic E-state index is 0.0357. The van der Waals surface area contributed by atoms with Gasteiger partial charge in [0.05, 0.1) is 7.11 Å². The van der Waals surface area contributed by atoms with Crippen LogP contribution in [0.25, 0.3) is 0 Å². The molecule has 1 aliphatic heterocycles. The van der Waals surface area contributed by atoms with E-state index in [2.05, 4.69) is 26.9 Å². The van der Waals surface area contributed by atoms with Gasteiger partial charge in [-0.05, 0) is 30.3 Å². The summed E-state index contributed by atoms with van der Waals surface area (Å²) in [4.78, 5) is 16.5. The molecule has 1 fully saturated rings. The highest BCUT2D eigenvalue weighted by atomic mass is 79.9. The maximum Gasteiger partial charge on any atom is 0.260 e. The van der Waals surface area contributed by atoms with Crippen molar-refractivity contribution in [2.24, 2.45) is 0 Å². The second-order valence-corrected chi connectivity index (χ2v) is 7.13. The Balaban J connectivity index is 1.48. The summed E-state index contributed by atoms with van der Waals surface area (Å²) >= 11 is 3.51. The number of benzene rings is 2. The van der Waals surface area contributed by atoms with E-state index in [0.29, 0.717) is 13.1 Å². The van der Waals surface area contributed by atoms with Crippen LogP contribution >= 0.6 is 15.9 Å². The number of ether oxygens (including phenoxy) is 2. The van der Waals surface area contributed by atoms with E-state index in [9.17, 15) is 4.79 Å². The zero-order valence-corrected chi connectivity index (χ0v) is 16.4. The number of hydrogen-bond acceptors (Lipinski definition) is 4. The number of piperazine rings is 1. The van der Waals surface area contributed by atoms with E-state index in [0.717, 1.165) is 41.2 Å². The molecule has 0 N–H and O–H groups in total. The van der Waals surface area contributed by atoms with Crippen molar-refractivity contribution in [3.8, 4) is 11.5 Å². The molecule has 1 aliphatic rings. The van der Waals surface area contributed by atoms with Gasteiger partial charge in [-0.15, -0.1) is 0 Å². The maximum atomic E-state index is 12.3. The van der Waals surface area contributed by atoms with Crippen LogP contribution in [0.2, 0.25) is 0 Å². The number of carbonyl (C=O) groups excluding carboxylic acids is 1. The fourth-order valence-electron chi connectivity index (χ4n) is 3.02. The standard InChI is InChI=1S/C20H23BrN2O3/c1-25-19-8-7-17(21)13-16(19)14-22-9-11-23(12-10-22)20(24)15-26-18-5-3-2-4-6-18/h2-8,13H,9-12,14-15H2,1H3. The fourth-order valence-corrected chi connectivity index (χ4v) is 3.43. The summed E-state index contributed by atoms with van der Waals surface area (Å²) in [5, 5.41) is 0. The van der Waals surface area contributed by atoms with Crippen molar-refractivity contribution in [3.63, 3.8) is 0 Å². The van der Waals surface area contributed by atoms with Crippen LogP contribution in [0.5, 0.6) is 11.5 Å². The lowest BCUT2D eigenvalue weighted by Gasteiger charge is -2.34. The molecule has 6 heteroatoms. The first-order valence-corrected chi connectivity index (χ1v) is 9.45. The quantitative estimate of drug-likeness (QED) is 0.722. The fraction of sp³-hybridized carbons (Fsp3) is 0.350. The van der Waals surface area contributed by atoms with E-state index in [1.807, 2.05) is 47.4 Å². The van der Waals surface area contributed by atoms with Gasteiger partial charge in [-0.3, -0.25) is 9.69 Å². The molecule has 2 aromatic carbocycles. The topological polar surface area (TPSA) is 42.0 Å². The van der Waals surface area contributed by atoms with Gasteiger partial charge < -0.3 is 14.4 Å². The summed E-state index contributed by atoms with van der Waals surface area (Å²) in [6, 6.07) is 15.5. The van der Waals surface area contributed by atoms with Crippen LogP contribution in [0.4, 0.5) is 0 Å². The molecule has 5 nitrogen and oxygen atoms in total. The summed E-state index contributed by atoms with van der Waals surface area (Å²) in [6.45, 7) is 4.01. The Morgan fingerprint density at radius 2 is 1.81 bits per heavy atom. The van der Waals surface area contributed by atoms with Crippen molar-refractivity contribution >= 4 is 21.8 Å². The van der Waals surface area contributed by atoms with Gasteiger partial charge in [-0.1, -0.05) is 34.1 Å². The van der Waals surface area contributed by atoms with Crippen molar-refractivity contribution in [1.29, 1.82) is 0 Å². The number of nitrogens with zero attached hydrogens (tertiary/aromatic N) is 2. The zero-order valence-electron chi connectivity index (χ0n) is 14.9. The molecule has 0 saturated carbocycles. The SMILES string of the molecule is COc1ccc(Br)cc1CN1CCN(C(=O)COc2ccccc2)CC1. The summed E-state index contributed by atoms with van der Waals surface area (Å²) in [5.41, 5.74) is 1.15. The Morgan fingerprint density at radius 1 is 1.08 bits per heavy atom. The molecule has 1 saturated heterocycles. The number of methoxy groups -OCH3 is 1. The Kier molecular flexibility index (Phi) is 6.52. The van der Waals surface area contributed by atoms with Crippen LogP contribution in [0.3, 0.4) is 0 Å². The molecule has 2 aromatic rings. The van der Waals surface area contributed by atoms with Crippen LogP contribution in [0, 0.1) is 0 Å². The number of carbonyl (C=O) groups is 1. The lowest BCUT2D eigenvalue weighted by molar-refractivity contribution is -0.135. The van der Waals surface area contributed by atoms with Gasteiger partial charge in [0.1, 0.15) is 11.5 Å². The Morgan fingerprint density at radius 3 is 2.50 bits per heavy atom. The highest BCUT2D eigenvalue weighted by molar-refractivity contribution is 9.10. The summed E-state index contributed by atoms with van der Waals surface area (Å²) in [7, 11) is 1.69. The molecule has 0 aromatic heterocycles. The normalized spacial score (nSPS) is 14.9. The number of halogens is 1. The summed E-state index contributed by atoms with van der Waals surface area (Å²) in [5.74, 6) is 1.65. The Labute approximate surface area is 162 Å². The van der Waals surface area contributed by atoms with Crippen molar-refractivity contribution in [1.82, 2.24) is 9.80 Å². The van der Waals surface area contributed by atoms with Crippen LogP contribution in [0.1, 0.15) is 5.56 Å². The average molecular weight is 419 g/mol. The molecule has 0 bridgehead atoms. The van der Waals surface area contributed by atoms with Crippen LogP contribution in [-0.2, 0) is 11.3 Å². The predicted molar refractivity (Wildman–Crippen MR) is 104 cm³/mol. The molecule has 0 aliphatic carbocycles. The first-order valence-electron chi connectivity index (χ1n) is 8.66. The molecule has 0 atom stereocenters. The monoisotopic (exact) mass is 418 g/mol. The molecular weight excluding hydrogens is 396 g/mol. The second-order valence-electron chi connectivity index (χ2n) is 6.21. The second kappa shape index (κ2) is 9.05. The number of rotatable bonds is 6. The van der Waals surface area contributed by atoms with E-state index in [-0.39, 0.29) is 12.5 Å². The number of amides is 1. The average Bonchev–Trinajstić information content (AvgIpc) is 2.68. The largest absolute Gasteiger partial charge is 0.496 e. The first-order chi connectivity index (χ1) is 12.7. The molecule has 138 valence electrons.